The van der Waals surface area contributed by atoms with Crippen molar-refractivity contribution in [3.8, 4) is 0 Å². The van der Waals surface area contributed by atoms with E-state index in [4.69, 9.17) is 0 Å². The summed E-state index contributed by atoms with van der Waals surface area (Å²) in [6.07, 6.45) is 4.95. The van der Waals surface area contributed by atoms with Gasteiger partial charge in [-0.1, -0.05) is 0 Å². The third-order valence-corrected chi connectivity index (χ3v) is 8.55. The minimum absolute atomic E-state index is 0.323. The van der Waals surface area contributed by atoms with Crippen molar-refractivity contribution in [2.24, 2.45) is 0 Å². The molecule has 0 aliphatic heterocycles. The number of allylic oxidation sites excluding steroid dienone is 1. The number of hydrogen-bond donors (Lipinski definition) is 0. The van der Waals surface area contributed by atoms with Crippen LogP contribution in [0.2, 0.25) is 5.48 Å². The molecule has 1 aliphatic rings. The Hall–Kier alpha value is -0.404. The van der Waals surface area contributed by atoms with E-state index in [9.17, 15) is 0 Å². The molecular weight excluding hydrogens is 274 g/mol. The third kappa shape index (κ3) is 2.48. The van der Waals surface area contributed by atoms with Crippen LogP contribution in [0.3, 0.4) is 0 Å². The van der Waals surface area contributed by atoms with Crippen molar-refractivity contribution in [1.29, 1.82) is 0 Å². The zero-order valence-corrected chi connectivity index (χ0v) is 15.4. The first-order valence-corrected chi connectivity index (χ1v) is 12.0. The summed E-state index contributed by atoms with van der Waals surface area (Å²) < 4.78 is 0.994. The van der Waals surface area contributed by atoms with Crippen LogP contribution in [0.5, 0.6) is 0 Å². The molecule has 0 amide bonds. The van der Waals surface area contributed by atoms with E-state index in [1.54, 1.807) is 22.3 Å². The van der Waals surface area contributed by atoms with Crippen LogP contribution in [-0.2, 0) is 12.8 Å². The molecule has 0 saturated carbocycles. The Kier molecular flexibility index (Phi) is 4.44. The van der Waals surface area contributed by atoms with Crippen LogP contribution in [0, 0.1) is 13.8 Å². The summed E-state index contributed by atoms with van der Waals surface area (Å²) in [5.74, 6) is 0. The molecule has 0 aromatic heterocycles. The fourth-order valence-electron chi connectivity index (χ4n) is 3.34. The van der Waals surface area contributed by atoms with E-state index in [0.717, 1.165) is 17.3 Å². The maximum atomic E-state index is 4.18. The van der Waals surface area contributed by atoms with Crippen molar-refractivity contribution in [3.05, 3.63) is 46.0 Å². The van der Waals surface area contributed by atoms with Gasteiger partial charge in [-0.25, -0.2) is 0 Å². The average Bonchev–Trinajstić information content (AvgIpc) is 2.77. The fourth-order valence-corrected chi connectivity index (χ4v) is 6.31. The van der Waals surface area contributed by atoms with Gasteiger partial charge in [0.15, 0.2) is 0 Å². The normalized spacial score (nSPS) is 17.7. The molecule has 0 saturated heterocycles. The van der Waals surface area contributed by atoms with Crippen molar-refractivity contribution in [2.75, 3.05) is 0 Å². The second-order valence-corrected chi connectivity index (χ2v) is 9.57. The third-order valence-electron chi connectivity index (χ3n) is 4.70. The number of aryl methyl sites for hydroxylation is 1. The van der Waals surface area contributed by atoms with Gasteiger partial charge in [0, 0.05) is 0 Å². The Bertz CT molecular complexity index is 471. The molecule has 1 aromatic rings. The molecule has 1 atom stereocenters. The van der Waals surface area contributed by atoms with E-state index < -0.39 is 0 Å². The topological polar surface area (TPSA) is 0 Å². The summed E-state index contributed by atoms with van der Waals surface area (Å²) >= 11 is -0.323. The Morgan fingerprint density at radius 3 is 2.78 bits per heavy atom. The van der Waals surface area contributed by atoms with Crippen molar-refractivity contribution in [1.82, 2.24) is 0 Å². The van der Waals surface area contributed by atoms with Gasteiger partial charge in [-0.3, -0.25) is 0 Å². The van der Waals surface area contributed by atoms with E-state index in [0.29, 0.717) is 0 Å². The molecule has 0 spiro atoms. The van der Waals surface area contributed by atoms with Crippen LogP contribution in [0.1, 0.15) is 52.1 Å². The molecule has 1 unspecified atom stereocenters. The van der Waals surface area contributed by atoms with Gasteiger partial charge in [0.2, 0.25) is 0 Å². The Labute approximate surface area is 120 Å². The van der Waals surface area contributed by atoms with Crippen LogP contribution >= 0.6 is 0 Å². The van der Waals surface area contributed by atoms with Gasteiger partial charge in [-0.15, -0.1) is 0 Å². The zero-order chi connectivity index (χ0) is 13.3. The molecule has 96 valence electrons. The van der Waals surface area contributed by atoms with E-state index in [1.807, 2.05) is 0 Å². The second kappa shape index (κ2) is 5.71. The Morgan fingerprint density at radius 1 is 1.44 bits per heavy atom. The minimum atomic E-state index is -0.323. The van der Waals surface area contributed by atoms with E-state index in [-0.39, 0.29) is 17.4 Å². The fraction of sp³-hybridized carbons (Fsp3) is 0.529. The first-order valence-electron chi connectivity index (χ1n) is 7.36. The predicted octanol–water partition coefficient (Wildman–Crippen LogP) is 4.28. The van der Waals surface area contributed by atoms with Gasteiger partial charge in [-0.2, -0.15) is 0 Å². The van der Waals surface area contributed by atoms with Crippen molar-refractivity contribution in [3.63, 3.8) is 0 Å². The van der Waals surface area contributed by atoms with E-state index in [1.165, 1.54) is 24.0 Å². The standard InChI is InChI=1S/C16H21.CH3.Ga.H/c1-5-11(2)9-16-12(3)10-14-7-6-8-15(14)13(16)4;;;/h7,10H,2,5-6,8-9H2,1,3-4H3;1H3;;. The maximum absolute atomic E-state index is 4.18. The van der Waals surface area contributed by atoms with Crippen LogP contribution in [0.4, 0.5) is 0 Å². The summed E-state index contributed by atoms with van der Waals surface area (Å²) in [6.45, 7) is 11.0. The van der Waals surface area contributed by atoms with Crippen LogP contribution < -0.4 is 0 Å². The first-order chi connectivity index (χ1) is 8.58. The van der Waals surface area contributed by atoms with Gasteiger partial charge in [0.25, 0.3) is 0 Å². The van der Waals surface area contributed by atoms with E-state index >= 15 is 0 Å². The van der Waals surface area contributed by atoms with Gasteiger partial charge in [0.05, 0.1) is 0 Å². The quantitative estimate of drug-likeness (QED) is 0.575. The molecule has 18 heavy (non-hydrogen) atoms. The van der Waals surface area contributed by atoms with Gasteiger partial charge < -0.3 is 0 Å². The molecule has 0 N–H and O–H groups in total. The SMILES string of the molecule is C=C(CC)Cc1c(C)cc2c(c1C)CC[CH]2[GaH][CH3]. The van der Waals surface area contributed by atoms with Crippen LogP contribution in [-0.4, -0.2) is 17.4 Å². The molecule has 0 radical (unpaired) electrons. The van der Waals surface area contributed by atoms with Gasteiger partial charge >= 0.3 is 120 Å². The second-order valence-electron chi connectivity index (χ2n) is 5.79. The Morgan fingerprint density at radius 2 is 2.17 bits per heavy atom. The molecule has 0 fully saturated rings. The average molecular weight is 299 g/mol. The molecule has 1 heteroatoms. The van der Waals surface area contributed by atoms with Crippen molar-refractivity contribution >= 4 is 17.4 Å². The molecule has 0 heterocycles. The summed E-state index contributed by atoms with van der Waals surface area (Å²) in [6, 6.07) is 2.51. The molecule has 2 rings (SSSR count). The van der Waals surface area contributed by atoms with E-state index in [2.05, 4.69) is 38.9 Å². The number of benzene rings is 1. The molecule has 1 aromatic carbocycles. The van der Waals surface area contributed by atoms with Crippen molar-refractivity contribution < 1.29 is 0 Å². The Balaban J connectivity index is 2.43. The van der Waals surface area contributed by atoms with Crippen LogP contribution in [0.25, 0.3) is 0 Å². The number of fused-ring (bicyclic) bond motifs is 1. The summed E-state index contributed by atoms with van der Waals surface area (Å²) in [7, 11) is 0. The zero-order valence-electron chi connectivity index (χ0n) is 12.4. The predicted molar refractivity (Wildman–Crippen MR) is 83.1 cm³/mol. The first kappa shape index (κ1) is 14.0. The van der Waals surface area contributed by atoms with Crippen molar-refractivity contribution in [2.45, 2.75) is 56.4 Å². The number of hydrogen-bond acceptors (Lipinski definition) is 0. The summed E-state index contributed by atoms with van der Waals surface area (Å²) in [4.78, 5) is 0. The van der Waals surface area contributed by atoms with Gasteiger partial charge in [0.1, 0.15) is 0 Å². The molecular formula is C17H25Ga. The monoisotopic (exact) mass is 298 g/mol. The summed E-state index contributed by atoms with van der Waals surface area (Å²) in [5, 5.41) is 0. The van der Waals surface area contributed by atoms with Gasteiger partial charge in [-0.05, 0) is 0 Å². The molecule has 0 nitrogen and oxygen atoms in total. The molecule has 1 aliphatic carbocycles. The van der Waals surface area contributed by atoms with Crippen LogP contribution in [0.15, 0.2) is 18.2 Å². The summed E-state index contributed by atoms with van der Waals surface area (Å²) in [5.41, 5.74) is 11.9. The number of rotatable bonds is 4. The molecule has 0 bridgehead atoms.